The van der Waals surface area contributed by atoms with Gasteiger partial charge >= 0.3 is 0 Å². The van der Waals surface area contributed by atoms with E-state index in [0.717, 1.165) is 28.0 Å². The first-order valence-corrected chi connectivity index (χ1v) is 10.1. The normalized spacial score (nSPS) is 11.5. The highest BCUT2D eigenvalue weighted by Gasteiger charge is 2.17. The fourth-order valence-electron chi connectivity index (χ4n) is 4.42. The second-order valence-corrected chi connectivity index (χ2v) is 7.60. The Kier molecular flexibility index (Phi) is 3.68. The van der Waals surface area contributed by atoms with E-state index in [1.165, 1.54) is 27.3 Å². The Morgan fingerprint density at radius 3 is 2.23 bits per heavy atom. The molecule has 0 radical (unpaired) electrons. The number of aryl methyl sites for hydroxylation is 1. The molecule has 0 saturated carbocycles. The van der Waals surface area contributed by atoms with Crippen molar-refractivity contribution in [1.82, 2.24) is 14.6 Å². The molecule has 0 bridgehead atoms. The zero-order valence-corrected chi connectivity index (χ0v) is 16.6. The average Bonchev–Trinajstić information content (AvgIpc) is 3.26. The van der Waals surface area contributed by atoms with Crippen molar-refractivity contribution in [2.75, 3.05) is 0 Å². The second-order valence-electron chi connectivity index (χ2n) is 7.60. The molecule has 0 aliphatic carbocycles. The molecular formula is C27H19N3. The lowest BCUT2D eigenvalue weighted by Gasteiger charge is -2.14. The van der Waals surface area contributed by atoms with E-state index in [4.69, 9.17) is 5.10 Å². The molecule has 0 spiro atoms. The monoisotopic (exact) mass is 385 g/mol. The zero-order chi connectivity index (χ0) is 20.1. The van der Waals surface area contributed by atoms with Gasteiger partial charge < -0.3 is 0 Å². The van der Waals surface area contributed by atoms with Crippen LogP contribution >= 0.6 is 0 Å². The lowest BCUT2D eigenvalue weighted by atomic mass is 9.95. The molecule has 6 aromatic rings. The van der Waals surface area contributed by atoms with Crippen molar-refractivity contribution in [2.45, 2.75) is 6.92 Å². The summed E-state index contributed by atoms with van der Waals surface area (Å²) < 4.78 is 2.09. The third kappa shape index (κ3) is 2.45. The average molecular weight is 385 g/mol. The number of rotatable bonds is 2. The highest BCUT2D eigenvalue weighted by molar-refractivity contribution is 6.18. The fraction of sp³-hybridized carbons (Fsp3) is 0.0370. The van der Waals surface area contributed by atoms with E-state index >= 15 is 0 Å². The summed E-state index contributed by atoms with van der Waals surface area (Å²) in [5.74, 6) is 0. The minimum Gasteiger partial charge on any atom is -0.256 e. The van der Waals surface area contributed by atoms with Gasteiger partial charge in [0.2, 0.25) is 0 Å². The number of nitrogens with zero attached hydrogens (tertiary/aromatic N) is 3. The molecule has 0 aliphatic rings. The number of benzene rings is 3. The van der Waals surface area contributed by atoms with Crippen LogP contribution in [-0.2, 0) is 0 Å². The van der Waals surface area contributed by atoms with Crippen LogP contribution in [-0.4, -0.2) is 14.6 Å². The van der Waals surface area contributed by atoms with Gasteiger partial charge in [0.1, 0.15) is 0 Å². The van der Waals surface area contributed by atoms with E-state index in [1.807, 2.05) is 24.4 Å². The maximum Gasteiger partial charge on any atom is 0.0934 e. The minimum atomic E-state index is 0.980. The molecule has 0 atom stereocenters. The van der Waals surface area contributed by atoms with Crippen LogP contribution in [0.4, 0.5) is 0 Å². The van der Waals surface area contributed by atoms with Crippen LogP contribution in [0.5, 0.6) is 0 Å². The third-order valence-electron chi connectivity index (χ3n) is 5.79. The number of aromatic nitrogens is 3. The van der Waals surface area contributed by atoms with Crippen LogP contribution in [0.15, 0.2) is 97.2 Å². The Bertz CT molecular complexity index is 1530. The Balaban J connectivity index is 1.81. The second kappa shape index (κ2) is 6.53. The van der Waals surface area contributed by atoms with Gasteiger partial charge in [0.05, 0.1) is 22.4 Å². The lowest BCUT2D eigenvalue weighted by molar-refractivity contribution is 1.01. The van der Waals surface area contributed by atoms with Crippen molar-refractivity contribution in [1.29, 1.82) is 0 Å². The van der Waals surface area contributed by atoms with Gasteiger partial charge in [-0.25, -0.2) is 4.52 Å². The quantitative estimate of drug-likeness (QED) is 0.311. The zero-order valence-electron chi connectivity index (χ0n) is 16.6. The van der Waals surface area contributed by atoms with E-state index in [0.29, 0.717) is 0 Å². The maximum absolute atomic E-state index is 5.02. The van der Waals surface area contributed by atoms with Crippen LogP contribution in [0.2, 0.25) is 0 Å². The van der Waals surface area contributed by atoms with Crippen molar-refractivity contribution in [3.8, 4) is 22.5 Å². The van der Waals surface area contributed by atoms with Crippen LogP contribution in [0, 0.1) is 6.92 Å². The summed E-state index contributed by atoms with van der Waals surface area (Å²) in [6.07, 6.45) is 1.86. The van der Waals surface area contributed by atoms with Gasteiger partial charge in [-0.3, -0.25) is 4.98 Å². The van der Waals surface area contributed by atoms with E-state index in [9.17, 15) is 0 Å². The van der Waals surface area contributed by atoms with Crippen molar-refractivity contribution >= 4 is 27.2 Å². The summed E-state index contributed by atoms with van der Waals surface area (Å²) >= 11 is 0. The summed E-state index contributed by atoms with van der Waals surface area (Å²) in [4.78, 5) is 4.67. The highest BCUT2D eigenvalue weighted by atomic mass is 15.2. The standard InChI is InChI=1S/C27H19N3/c1-18-14-15-24-27(26(18)22-13-7-8-16-28-22)21-12-6-5-11-20(21)25-17-23(29-30(24)25)19-9-3-2-4-10-19/h2-17H,1H3. The van der Waals surface area contributed by atoms with E-state index in [-0.39, 0.29) is 0 Å². The fourth-order valence-corrected chi connectivity index (χ4v) is 4.42. The number of hydrogen-bond donors (Lipinski definition) is 0. The Morgan fingerprint density at radius 1 is 0.667 bits per heavy atom. The number of hydrogen-bond acceptors (Lipinski definition) is 2. The first-order chi connectivity index (χ1) is 14.8. The molecule has 0 N–H and O–H groups in total. The molecule has 0 unspecified atom stereocenters. The smallest absolute Gasteiger partial charge is 0.0934 e. The Morgan fingerprint density at radius 2 is 1.43 bits per heavy atom. The summed E-state index contributed by atoms with van der Waals surface area (Å²) in [6.45, 7) is 2.15. The van der Waals surface area contributed by atoms with Gasteiger partial charge in [-0.05, 0) is 42.1 Å². The van der Waals surface area contributed by atoms with Crippen molar-refractivity contribution < 1.29 is 0 Å². The van der Waals surface area contributed by atoms with Crippen molar-refractivity contribution in [2.24, 2.45) is 0 Å². The Labute approximate surface area is 174 Å². The topological polar surface area (TPSA) is 30.2 Å². The van der Waals surface area contributed by atoms with Crippen LogP contribution < -0.4 is 0 Å². The molecule has 3 aromatic carbocycles. The molecule has 3 nitrogen and oxygen atoms in total. The van der Waals surface area contributed by atoms with Crippen molar-refractivity contribution in [3.63, 3.8) is 0 Å². The maximum atomic E-state index is 5.02. The van der Waals surface area contributed by atoms with Crippen LogP contribution in [0.1, 0.15) is 5.56 Å². The van der Waals surface area contributed by atoms with Gasteiger partial charge in [0, 0.05) is 28.1 Å². The first-order valence-electron chi connectivity index (χ1n) is 10.1. The number of fused-ring (bicyclic) bond motifs is 6. The molecule has 6 rings (SSSR count). The van der Waals surface area contributed by atoms with Gasteiger partial charge in [-0.2, -0.15) is 5.10 Å². The summed E-state index contributed by atoms with van der Waals surface area (Å²) in [6, 6.07) is 31.6. The first kappa shape index (κ1) is 16.9. The van der Waals surface area contributed by atoms with E-state index in [1.54, 1.807) is 0 Å². The molecule has 0 aliphatic heterocycles. The molecule has 3 aromatic heterocycles. The molecule has 3 heteroatoms. The summed E-state index contributed by atoms with van der Waals surface area (Å²) in [5, 5.41) is 8.64. The van der Waals surface area contributed by atoms with E-state index in [2.05, 4.69) is 89.2 Å². The third-order valence-corrected chi connectivity index (χ3v) is 5.79. The molecular weight excluding hydrogens is 366 g/mol. The van der Waals surface area contributed by atoms with Crippen LogP contribution in [0.25, 0.3) is 49.7 Å². The molecule has 0 amide bonds. The minimum absolute atomic E-state index is 0.980. The molecule has 0 fully saturated rings. The largest absolute Gasteiger partial charge is 0.256 e. The highest BCUT2D eigenvalue weighted by Crippen LogP contribution is 2.38. The van der Waals surface area contributed by atoms with Gasteiger partial charge in [-0.15, -0.1) is 0 Å². The predicted octanol–water partition coefficient (Wildman–Crippen LogP) is 6.68. The van der Waals surface area contributed by atoms with Crippen LogP contribution in [0.3, 0.4) is 0 Å². The molecule has 30 heavy (non-hydrogen) atoms. The number of pyridine rings is 2. The predicted molar refractivity (Wildman–Crippen MR) is 124 cm³/mol. The van der Waals surface area contributed by atoms with Gasteiger partial charge in [0.15, 0.2) is 0 Å². The Hall–Kier alpha value is -3.98. The van der Waals surface area contributed by atoms with E-state index < -0.39 is 0 Å². The molecule has 3 heterocycles. The SMILES string of the molecule is Cc1ccc2c(c1-c1ccccn1)c1ccccc1c1cc(-c3ccccc3)nn12. The van der Waals surface area contributed by atoms with Crippen molar-refractivity contribution in [3.05, 3.63) is 103 Å². The lowest BCUT2D eigenvalue weighted by Crippen LogP contribution is -1.97. The molecule has 0 saturated heterocycles. The molecule has 142 valence electrons. The van der Waals surface area contributed by atoms with Gasteiger partial charge in [-0.1, -0.05) is 66.7 Å². The van der Waals surface area contributed by atoms with Gasteiger partial charge in [0.25, 0.3) is 0 Å². The summed E-state index contributed by atoms with van der Waals surface area (Å²) in [5.41, 5.74) is 7.68. The summed E-state index contributed by atoms with van der Waals surface area (Å²) in [7, 11) is 0.